The zero-order chi connectivity index (χ0) is 15.1. The Balaban J connectivity index is 1.81. The lowest BCUT2D eigenvalue weighted by atomic mass is 10.1. The van der Waals surface area contributed by atoms with Crippen LogP contribution in [0.25, 0.3) is 0 Å². The van der Waals surface area contributed by atoms with E-state index in [0.29, 0.717) is 5.56 Å². The van der Waals surface area contributed by atoms with Crippen molar-refractivity contribution in [2.24, 2.45) is 0 Å². The number of esters is 1. The second kappa shape index (κ2) is 7.19. The van der Waals surface area contributed by atoms with Gasteiger partial charge in [-0.05, 0) is 24.6 Å². The quantitative estimate of drug-likeness (QED) is 0.854. The van der Waals surface area contributed by atoms with E-state index in [9.17, 15) is 9.59 Å². The van der Waals surface area contributed by atoms with Crippen LogP contribution in [0.1, 0.15) is 28.9 Å². The molecule has 0 saturated heterocycles. The molecule has 0 unspecified atom stereocenters. The van der Waals surface area contributed by atoms with Gasteiger partial charge >= 0.3 is 5.97 Å². The summed E-state index contributed by atoms with van der Waals surface area (Å²) in [7, 11) is 0. The molecule has 1 atom stereocenters. The molecule has 0 aliphatic carbocycles. The highest BCUT2D eigenvalue weighted by molar-refractivity contribution is 5.90. The highest BCUT2D eigenvalue weighted by Crippen LogP contribution is 2.10. The van der Waals surface area contributed by atoms with Gasteiger partial charge in [0.25, 0.3) is 5.91 Å². The van der Waals surface area contributed by atoms with E-state index in [1.165, 1.54) is 6.20 Å². The average molecular weight is 284 g/mol. The van der Waals surface area contributed by atoms with Crippen LogP contribution in [0, 0.1) is 0 Å². The summed E-state index contributed by atoms with van der Waals surface area (Å²) >= 11 is 0. The first kappa shape index (κ1) is 14.7. The molecule has 1 aromatic heterocycles. The molecule has 1 aromatic carbocycles. The van der Waals surface area contributed by atoms with Crippen LogP contribution < -0.4 is 5.32 Å². The third kappa shape index (κ3) is 4.42. The molecule has 1 heterocycles. The van der Waals surface area contributed by atoms with Crippen LogP contribution in [0.15, 0.2) is 54.9 Å². The molecule has 0 fully saturated rings. The van der Waals surface area contributed by atoms with E-state index in [2.05, 4.69) is 10.3 Å². The molecule has 21 heavy (non-hydrogen) atoms. The Morgan fingerprint density at radius 2 is 1.95 bits per heavy atom. The summed E-state index contributed by atoms with van der Waals surface area (Å²) in [5.41, 5.74) is 1.31. The fourth-order valence-electron chi connectivity index (χ4n) is 1.81. The molecule has 0 radical (unpaired) electrons. The number of amides is 1. The monoisotopic (exact) mass is 284 g/mol. The summed E-state index contributed by atoms with van der Waals surface area (Å²) in [6.07, 6.45) is 2.96. The first-order valence-electron chi connectivity index (χ1n) is 6.58. The number of aromatic nitrogens is 1. The van der Waals surface area contributed by atoms with Gasteiger partial charge < -0.3 is 10.1 Å². The largest absolute Gasteiger partial charge is 0.452 e. The number of hydrogen-bond acceptors (Lipinski definition) is 4. The molecule has 0 aliphatic rings. The van der Waals surface area contributed by atoms with E-state index in [1.807, 2.05) is 37.3 Å². The molecule has 0 bridgehead atoms. The maximum Gasteiger partial charge on any atom is 0.340 e. The molecule has 0 saturated carbocycles. The Bertz CT molecular complexity index is 599. The summed E-state index contributed by atoms with van der Waals surface area (Å²) in [5, 5.41) is 2.77. The first-order valence-corrected chi connectivity index (χ1v) is 6.58. The number of nitrogens with one attached hydrogen (secondary N) is 1. The first-order chi connectivity index (χ1) is 10.2. The molecular weight excluding hydrogens is 268 g/mol. The predicted molar refractivity (Wildman–Crippen MR) is 77.5 cm³/mol. The van der Waals surface area contributed by atoms with Gasteiger partial charge in [0.15, 0.2) is 6.61 Å². The number of carbonyl (C=O) groups is 2. The predicted octanol–water partition coefficient (Wildman–Crippen LogP) is 2.12. The van der Waals surface area contributed by atoms with Crippen molar-refractivity contribution in [3.8, 4) is 0 Å². The van der Waals surface area contributed by atoms with Crippen LogP contribution in [-0.2, 0) is 9.53 Å². The number of rotatable bonds is 5. The van der Waals surface area contributed by atoms with Crippen molar-refractivity contribution in [1.29, 1.82) is 0 Å². The summed E-state index contributed by atoms with van der Waals surface area (Å²) in [6.45, 7) is 1.56. The maximum absolute atomic E-state index is 11.8. The third-order valence-corrected chi connectivity index (χ3v) is 2.91. The average Bonchev–Trinajstić information content (AvgIpc) is 2.54. The Kier molecular flexibility index (Phi) is 5.04. The number of ether oxygens (including phenoxy) is 1. The molecular formula is C16H16N2O3. The second-order valence-corrected chi connectivity index (χ2v) is 4.52. The minimum absolute atomic E-state index is 0.143. The lowest BCUT2D eigenvalue weighted by Crippen LogP contribution is -2.31. The number of pyridine rings is 1. The molecule has 2 rings (SSSR count). The molecule has 2 aromatic rings. The van der Waals surface area contributed by atoms with Crippen LogP contribution in [0.3, 0.4) is 0 Å². The summed E-state index contributed by atoms with van der Waals surface area (Å²) in [6, 6.07) is 12.6. The Labute approximate surface area is 123 Å². The molecule has 1 amide bonds. The lowest BCUT2D eigenvalue weighted by molar-refractivity contribution is -0.124. The second-order valence-electron chi connectivity index (χ2n) is 4.52. The Hall–Kier alpha value is -2.69. The van der Waals surface area contributed by atoms with E-state index in [4.69, 9.17) is 4.74 Å². The van der Waals surface area contributed by atoms with Gasteiger partial charge in [-0.1, -0.05) is 30.3 Å². The number of hydrogen-bond donors (Lipinski definition) is 1. The third-order valence-electron chi connectivity index (χ3n) is 2.91. The van der Waals surface area contributed by atoms with E-state index in [1.54, 1.807) is 18.3 Å². The van der Waals surface area contributed by atoms with Gasteiger partial charge in [-0.25, -0.2) is 4.79 Å². The molecule has 108 valence electrons. The fraction of sp³-hybridized carbons (Fsp3) is 0.188. The smallest absolute Gasteiger partial charge is 0.340 e. The standard InChI is InChI=1S/C16H16N2O3/c1-12(13-6-3-2-4-7-13)18-15(19)11-21-16(20)14-8-5-9-17-10-14/h2-10,12H,11H2,1H3,(H,18,19)/t12-/m0/s1. The van der Waals surface area contributed by atoms with E-state index in [-0.39, 0.29) is 18.6 Å². The highest BCUT2D eigenvalue weighted by Gasteiger charge is 2.12. The summed E-state index contributed by atoms with van der Waals surface area (Å²) < 4.78 is 4.94. The van der Waals surface area contributed by atoms with E-state index < -0.39 is 5.97 Å². The van der Waals surface area contributed by atoms with Crippen molar-refractivity contribution in [1.82, 2.24) is 10.3 Å². The number of nitrogens with zero attached hydrogens (tertiary/aromatic N) is 1. The van der Waals surface area contributed by atoms with Crippen LogP contribution in [0.4, 0.5) is 0 Å². The van der Waals surface area contributed by atoms with Gasteiger partial charge in [-0.2, -0.15) is 0 Å². The van der Waals surface area contributed by atoms with Gasteiger partial charge in [0.05, 0.1) is 11.6 Å². The van der Waals surface area contributed by atoms with E-state index in [0.717, 1.165) is 5.56 Å². The lowest BCUT2D eigenvalue weighted by Gasteiger charge is -2.14. The van der Waals surface area contributed by atoms with Gasteiger partial charge in [-0.15, -0.1) is 0 Å². The van der Waals surface area contributed by atoms with Gasteiger partial charge in [-0.3, -0.25) is 9.78 Å². The van der Waals surface area contributed by atoms with Crippen LogP contribution in [0.2, 0.25) is 0 Å². The molecule has 0 aliphatic heterocycles. The molecule has 1 N–H and O–H groups in total. The normalized spacial score (nSPS) is 11.5. The minimum atomic E-state index is -0.564. The molecule has 5 nitrogen and oxygen atoms in total. The fourth-order valence-corrected chi connectivity index (χ4v) is 1.81. The highest BCUT2D eigenvalue weighted by atomic mass is 16.5. The van der Waals surface area contributed by atoms with Crippen molar-refractivity contribution in [3.05, 3.63) is 66.0 Å². The summed E-state index contributed by atoms with van der Waals surface area (Å²) in [5.74, 6) is -0.908. The van der Waals surface area contributed by atoms with E-state index >= 15 is 0 Å². The van der Waals surface area contributed by atoms with Gasteiger partial charge in [0, 0.05) is 12.4 Å². The van der Waals surface area contributed by atoms with Gasteiger partial charge in [0.1, 0.15) is 0 Å². The van der Waals surface area contributed by atoms with Crippen LogP contribution >= 0.6 is 0 Å². The maximum atomic E-state index is 11.8. The minimum Gasteiger partial charge on any atom is -0.452 e. The topological polar surface area (TPSA) is 68.3 Å². The number of carbonyl (C=O) groups excluding carboxylic acids is 2. The SMILES string of the molecule is C[C@H](NC(=O)COC(=O)c1cccnc1)c1ccccc1. The number of benzene rings is 1. The van der Waals surface area contributed by atoms with Gasteiger partial charge in [0.2, 0.25) is 0 Å². The zero-order valence-electron chi connectivity index (χ0n) is 11.7. The molecule has 0 spiro atoms. The van der Waals surface area contributed by atoms with Crippen LogP contribution in [-0.4, -0.2) is 23.5 Å². The van der Waals surface area contributed by atoms with Crippen molar-refractivity contribution in [2.45, 2.75) is 13.0 Å². The summed E-state index contributed by atoms with van der Waals surface area (Å²) in [4.78, 5) is 27.2. The Morgan fingerprint density at radius 1 is 1.19 bits per heavy atom. The van der Waals surface area contributed by atoms with Crippen molar-refractivity contribution in [2.75, 3.05) is 6.61 Å². The van der Waals surface area contributed by atoms with Crippen LogP contribution in [0.5, 0.6) is 0 Å². The Morgan fingerprint density at radius 3 is 2.62 bits per heavy atom. The molecule has 5 heteroatoms. The van der Waals surface area contributed by atoms with Crippen molar-refractivity contribution < 1.29 is 14.3 Å². The zero-order valence-corrected chi connectivity index (χ0v) is 11.7. The van der Waals surface area contributed by atoms with Crippen molar-refractivity contribution in [3.63, 3.8) is 0 Å². The van der Waals surface area contributed by atoms with Crippen molar-refractivity contribution >= 4 is 11.9 Å².